The number of carbonyl (C=O) groups is 2. The van der Waals surface area contributed by atoms with Gasteiger partial charge in [0.15, 0.2) is 5.11 Å². The maximum atomic E-state index is 13.4. The van der Waals surface area contributed by atoms with E-state index in [0.717, 1.165) is 68.6 Å². The molecule has 1 N–H and O–H groups in total. The lowest BCUT2D eigenvalue weighted by Gasteiger charge is -2.29. The van der Waals surface area contributed by atoms with Crippen molar-refractivity contribution < 1.29 is 27.9 Å². The van der Waals surface area contributed by atoms with Crippen LogP contribution < -0.4 is 4.90 Å². The maximum absolute atomic E-state index is 13.4. The Morgan fingerprint density at radius 2 is 1.81 bits per heavy atom. The minimum Gasteiger partial charge on any atom is -0.480 e. The monoisotopic (exact) mass is 560 g/mol. The predicted octanol–water partition coefficient (Wildman–Crippen LogP) is 5.21. The highest BCUT2D eigenvalue weighted by Gasteiger charge is 2.49. The molecule has 1 amide bonds. The van der Waals surface area contributed by atoms with E-state index in [2.05, 4.69) is 0 Å². The molecule has 37 heavy (non-hydrogen) atoms. The number of thiocarbonyl (C=S) groups is 1. The molecule has 0 unspecified atom stereocenters. The van der Waals surface area contributed by atoms with Gasteiger partial charge in [-0.15, -0.1) is 12.4 Å². The summed E-state index contributed by atoms with van der Waals surface area (Å²) in [6.45, 7) is 5.49. The number of rotatable bonds is 10. The van der Waals surface area contributed by atoms with E-state index in [9.17, 15) is 27.9 Å². The van der Waals surface area contributed by atoms with Crippen molar-refractivity contribution in [2.24, 2.45) is 0 Å². The van der Waals surface area contributed by atoms with Crippen LogP contribution in [0.1, 0.15) is 69.9 Å². The number of anilines is 1. The molecule has 0 radical (unpaired) electrons. The smallest absolute Gasteiger partial charge is 0.417 e. The minimum atomic E-state index is -4.73. The van der Waals surface area contributed by atoms with Gasteiger partial charge in [-0.05, 0) is 83.0 Å². The molecule has 12 heteroatoms. The molecule has 7 nitrogen and oxygen atoms in total. The molecule has 2 aliphatic rings. The van der Waals surface area contributed by atoms with Crippen molar-refractivity contribution >= 4 is 47.3 Å². The number of hydrogen-bond acceptors (Lipinski definition) is 5. The Labute approximate surface area is 226 Å². The van der Waals surface area contributed by atoms with Gasteiger partial charge < -0.3 is 10.0 Å². The largest absolute Gasteiger partial charge is 0.480 e. The van der Waals surface area contributed by atoms with Crippen LogP contribution >= 0.6 is 24.6 Å². The van der Waals surface area contributed by atoms with E-state index < -0.39 is 34.7 Å². The van der Waals surface area contributed by atoms with E-state index in [0.29, 0.717) is 13.0 Å². The molecule has 0 spiro atoms. The van der Waals surface area contributed by atoms with Gasteiger partial charge in [-0.1, -0.05) is 19.3 Å². The molecule has 1 atom stereocenters. The Kier molecular flexibility index (Phi) is 10.3. The van der Waals surface area contributed by atoms with Gasteiger partial charge >= 0.3 is 12.1 Å². The van der Waals surface area contributed by atoms with E-state index in [1.54, 1.807) is 24.8 Å². The third-order valence-electron chi connectivity index (χ3n) is 6.99. The normalized spacial score (nSPS) is 19.7. The molecule has 2 aliphatic heterocycles. The Balaban J connectivity index is 0.00000481. The van der Waals surface area contributed by atoms with Crippen LogP contribution in [0.15, 0.2) is 18.2 Å². The molecule has 204 valence electrons. The van der Waals surface area contributed by atoms with Crippen molar-refractivity contribution in [3.8, 4) is 6.07 Å². The first kappa shape index (κ1) is 30.8. The molecule has 2 saturated heterocycles. The zero-order valence-electron chi connectivity index (χ0n) is 20.9. The van der Waals surface area contributed by atoms with Crippen LogP contribution in [-0.2, 0) is 15.8 Å². The van der Waals surface area contributed by atoms with Gasteiger partial charge in [0.1, 0.15) is 11.6 Å². The van der Waals surface area contributed by atoms with E-state index in [4.69, 9.17) is 17.5 Å². The Hall–Kier alpha value is -2.42. The summed E-state index contributed by atoms with van der Waals surface area (Å²) in [6, 6.07) is 4.35. The zero-order valence-corrected chi connectivity index (χ0v) is 22.5. The third kappa shape index (κ3) is 6.72. The first-order valence-corrected chi connectivity index (χ1v) is 12.5. The second kappa shape index (κ2) is 12.4. The number of amides is 1. The standard InChI is InChI=1S/C25H31F3N4O3S.ClH/c1-24(2)22(35)32(18-11-10-17(16-29)19(15-18)25(26,27)28)23(36)31(24)14-7-5-3-4-6-12-30-13-8-9-20(30)21(33)34;/h10-11,15,20H,3-9,12-14H2,1-2H3,(H,33,34);1H/t20-;/m0./s1. The van der Waals surface area contributed by atoms with Gasteiger partial charge in [0.05, 0.1) is 22.9 Å². The van der Waals surface area contributed by atoms with Crippen molar-refractivity contribution in [2.45, 2.75) is 76.6 Å². The van der Waals surface area contributed by atoms with Crippen LogP contribution in [0.2, 0.25) is 0 Å². The molecule has 1 aromatic rings. The van der Waals surface area contributed by atoms with Gasteiger partial charge in [0, 0.05) is 6.54 Å². The molecular weight excluding hydrogens is 529 g/mol. The average Bonchev–Trinajstić information content (AvgIpc) is 3.34. The summed E-state index contributed by atoms with van der Waals surface area (Å²) in [4.78, 5) is 29.3. The number of carboxylic acid groups (broad SMARTS) is 1. The fraction of sp³-hybridized carbons (Fsp3) is 0.600. The van der Waals surface area contributed by atoms with E-state index in [1.807, 2.05) is 4.90 Å². The number of nitriles is 1. The van der Waals surface area contributed by atoms with Crippen molar-refractivity contribution in [3.63, 3.8) is 0 Å². The fourth-order valence-corrected chi connectivity index (χ4v) is 5.44. The van der Waals surface area contributed by atoms with Crippen LogP contribution in [0.4, 0.5) is 18.9 Å². The van der Waals surface area contributed by atoms with Gasteiger partial charge in [-0.25, -0.2) is 0 Å². The summed E-state index contributed by atoms with van der Waals surface area (Å²) in [7, 11) is 0. The second-order valence-electron chi connectivity index (χ2n) is 9.77. The number of nitrogens with zero attached hydrogens (tertiary/aromatic N) is 4. The van der Waals surface area contributed by atoms with Crippen LogP contribution in [0.5, 0.6) is 0 Å². The summed E-state index contributed by atoms with van der Waals surface area (Å²) < 4.78 is 40.3. The third-order valence-corrected chi connectivity index (χ3v) is 7.39. The topological polar surface area (TPSA) is 87.9 Å². The number of carbonyl (C=O) groups excluding carboxylic acids is 1. The van der Waals surface area contributed by atoms with E-state index >= 15 is 0 Å². The maximum Gasteiger partial charge on any atom is 0.417 e. The van der Waals surface area contributed by atoms with Crippen molar-refractivity contribution in [2.75, 3.05) is 24.5 Å². The first-order chi connectivity index (χ1) is 16.9. The molecule has 2 fully saturated rings. The molecule has 0 bridgehead atoms. The molecular formula is C25H32ClF3N4O3S. The number of alkyl halides is 3. The first-order valence-electron chi connectivity index (χ1n) is 12.1. The highest BCUT2D eigenvalue weighted by atomic mass is 35.5. The predicted molar refractivity (Wildman–Crippen MR) is 140 cm³/mol. The highest BCUT2D eigenvalue weighted by molar-refractivity contribution is 7.80. The lowest BCUT2D eigenvalue weighted by Crippen LogP contribution is -2.44. The molecule has 0 aromatic heterocycles. The molecule has 2 heterocycles. The molecule has 1 aromatic carbocycles. The Morgan fingerprint density at radius 1 is 1.19 bits per heavy atom. The highest BCUT2D eigenvalue weighted by Crippen LogP contribution is 2.38. The number of likely N-dealkylation sites (tertiary alicyclic amines) is 1. The summed E-state index contributed by atoms with van der Waals surface area (Å²) in [5.74, 6) is -1.17. The van der Waals surface area contributed by atoms with Gasteiger partial charge in [0.25, 0.3) is 5.91 Å². The number of carboxylic acids is 1. The zero-order chi connectivity index (χ0) is 26.7. The summed E-state index contributed by atoms with van der Waals surface area (Å²) in [5, 5.41) is 18.4. The van der Waals surface area contributed by atoms with Crippen LogP contribution in [0.3, 0.4) is 0 Å². The number of benzene rings is 1. The number of halogens is 4. The molecule has 0 saturated carbocycles. The van der Waals surface area contributed by atoms with Crippen molar-refractivity contribution in [3.05, 3.63) is 29.3 Å². The molecule has 0 aliphatic carbocycles. The number of unbranched alkanes of at least 4 members (excludes halogenated alkanes) is 4. The SMILES string of the molecule is CC1(C)C(=O)N(c2ccc(C#N)c(C(F)(F)F)c2)C(=S)N1CCCCCCCN1CCC[C@H]1C(=O)O.Cl. The molecule has 3 rings (SSSR count). The minimum absolute atomic E-state index is 0. The van der Waals surface area contributed by atoms with Gasteiger partial charge in [0.2, 0.25) is 0 Å². The van der Waals surface area contributed by atoms with Crippen LogP contribution in [0, 0.1) is 11.3 Å². The lowest BCUT2D eigenvalue weighted by atomic mass is 10.0. The Morgan fingerprint density at radius 3 is 2.41 bits per heavy atom. The lowest BCUT2D eigenvalue weighted by molar-refractivity contribution is -0.142. The Bertz CT molecular complexity index is 1060. The fourth-order valence-electron chi connectivity index (χ4n) is 4.93. The summed E-state index contributed by atoms with van der Waals surface area (Å²) in [5.41, 5.74) is -2.63. The quantitative estimate of drug-likeness (QED) is 0.310. The van der Waals surface area contributed by atoms with E-state index in [-0.39, 0.29) is 29.2 Å². The summed E-state index contributed by atoms with van der Waals surface area (Å²) >= 11 is 5.51. The average molecular weight is 561 g/mol. The van der Waals surface area contributed by atoms with Crippen molar-refractivity contribution in [1.29, 1.82) is 5.26 Å². The van der Waals surface area contributed by atoms with E-state index in [1.165, 1.54) is 6.07 Å². The van der Waals surface area contributed by atoms with Gasteiger partial charge in [-0.3, -0.25) is 19.4 Å². The number of aliphatic carboxylic acids is 1. The van der Waals surface area contributed by atoms with Gasteiger partial charge in [-0.2, -0.15) is 18.4 Å². The second-order valence-corrected chi connectivity index (χ2v) is 10.1. The number of hydrogen-bond donors (Lipinski definition) is 1. The van der Waals surface area contributed by atoms with Crippen LogP contribution in [0.25, 0.3) is 0 Å². The van der Waals surface area contributed by atoms with Crippen molar-refractivity contribution in [1.82, 2.24) is 9.80 Å². The van der Waals surface area contributed by atoms with Crippen LogP contribution in [-0.4, -0.2) is 63.1 Å². The summed E-state index contributed by atoms with van der Waals surface area (Å²) in [6.07, 6.45) is 1.37.